The fourth-order valence-electron chi connectivity index (χ4n) is 3.17. The van der Waals surface area contributed by atoms with Crippen LogP contribution >= 0.6 is 0 Å². The summed E-state index contributed by atoms with van der Waals surface area (Å²) in [6.45, 7) is 4.41. The van der Waals surface area contributed by atoms with Crippen molar-refractivity contribution in [2.24, 2.45) is 0 Å². The van der Waals surface area contributed by atoms with E-state index in [0.717, 1.165) is 38.9 Å². The molecule has 4 rings (SSSR count). The zero-order chi connectivity index (χ0) is 18.3. The molecule has 5 heteroatoms. The second kappa shape index (κ2) is 6.26. The highest BCUT2D eigenvalue weighted by Crippen LogP contribution is 2.20. The maximum absolute atomic E-state index is 12.9. The number of para-hydroxylation sites is 1. The minimum Gasteiger partial charge on any atom is -0.361 e. The second-order valence-electron chi connectivity index (χ2n) is 6.62. The molecule has 0 radical (unpaired) electrons. The smallest absolute Gasteiger partial charge is 0.253 e. The first-order valence-electron chi connectivity index (χ1n) is 8.58. The fourth-order valence-corrected chi connectivity index (χ4v) is 3.17. The minimum atomic E-state index is -0.0304. The van der Waals surface area contributed by atoms with Crippen LogP contribution in [-0.4, -0.2) is 32.8 Å². The summed E-state index contributed by atoms with van der Waals surface area (Å²) >= 11 is 0. The topological polar surface area (TPSA) is 61.9 Å². The molecule has 0 aliphatic carbocycles. The first-order valence-corrected chi connectivity index (χ1v) is 8.58. The highest BCUT2D eigenvalue weighted by Gasteiger charge is 2.15. The Morgan fingerprint density at radius 3 is 2.58 bits per heavy atom. The number of carbonyl (C=O) groups is 1. The number of amides is 1. The minimum absolute atomic E-state index is 0.0304. The van der Waals surface area contributed by atoms with E-state index in [9.17, 15) is 4.79 Å². The summed E-state index contributed by atoms with van der Waals surface area (Å²) in [5.74, 6) is -0.0304. The molecule has 5 nitrogen and oxygen atoms in total. The molecular formula is C21H20N4O. The molecule has 0 fully saturated rings. The Morgan fingerprint density at radius 1 is 1.04 bits per heavy atom. The lowest BCUT2D eigenvalue weighted by atomic mass is 10.1. The number of H-pyrrole nitrogens is 1. The number of fused-ring (bicyclic) bond motifs is 2. The lowest BCUT2D eigenvalue weighted by molar-refractivity contribution is 0.0786. The fraction of sp³-hybridized carbons (Fsp3) is 0.190. The van der Waals surface area contributed by atoms with Gasteiger partial charge in [-0.15, -0.1) is 0 Å². The van der Waals surface area contributed by atoms with Crippen molar-refractivity contribution in [2.75, 3.05) is 7.05 Å². The molecule has 0 saturated heterocycles. The van der Waals surface area contributed by atoms with Gasteiger partial charge in [0, 0.05) is 36.3 Å². The number of nitrogens with one attached hydrogen (secondary N) is 1. The molecular weight excluding hydrogens is 324 g/mol. The molecule has 0 saturated carbocycles. The summed E-state index contributed by atoms with van der Waals surface area (Å²) < 4.78 is 0. The Hall–Kier alpha value is -3.21. The Kier molecular flexibility index (Phi) is 3.92. The summed E-state index contributed by atoms with van der Waals surface area (Å²) in [5.41, 5.74) is 6.15. The number of hydrogen-bond donors (Lipinski definition) is 1. The third kappa shape index (κ3) is 2.81. The highest BCUT2D eigenvalue weighted by molar-refractivity contribution is 5.97. The number of aromatic nitrogens is 3. The number of benzene rings is 2. The molecule has 2 heterocycles. The normalized spacial score (nSPS) is 11.2. The van der Waals surface area contributed by atoms with E-state index in [0.29, 0.717) is 12.1 Å². The van der Waals surface area contributed by atoms with E-state index in [4.69, 9.17) is 0 Å². The monoisotopic (exact) mass is 344 g/mol. The van der Waals surface area contributed by atoms with Gasteiger partial charge in [0.2, 0.25) is 0 Å². The van der Waals surface area contributed by atoms with E-state index in [1.54, 1.807) is 4.90 Å². The van der Waals surface area contributed by atoms with Crippen LogP contribution in [0.4, 0.5) is 0 Å². The van der Waals surface area contributed by atoms with Gasteiger partial charge < -0.3 is 9.88 Å². The molecule has 0 aliphatic rings. The molecule has 4 aromatic rings. The Balaban J connectivity index is 1.62. The van der Waals surface area contributed by atoms with E-state index >= 15 is 0 Å². The van der Waals surface area contributed by atoms with Crippen molar-refractivity contribution in [1.29, 1.82) is 0 Å². The quantitative estimate of drug-likeness (QED) is 0.611. The second-order valence-corrected chi connectivity index (χ2v) is 6.62. The van der Waals surface area contributed by atoms with Crippen LogP contribution in [0.25, 0.3) is 21.9 Å². The molecule has 0 aliphatic heterocycles. The summed E-state index contributed by atoms with van der Waals surface area (Å²) in [4.78, 5) is 26.9. The van der Waals surface area contributed by atoms with Gasteiger partial charge in [-0.25, -0.2) is 9.97 Å². The van der Waals surface area contributed by atoms with Crippen LogP contribution in [-0.2, 0) is 6.54 Å². The van der Waals surface area contributed by atoms with Crippen molar-refractivity contribution in [1.82, 2.24) is 19.9 Å². The van der Waals surface area contributed by atoms with Gasteiger partial charge in [-0.05, 0) is 43.7 Å². The molecule has 26 heavy (non-hydrogen) atoms. The van der Waals surface area contributed by atoms with Crippen LogP contribution in [0, 0.1) is 13.8 Å². The van der Waals surface area contributed by atoms with Crippen molar-refractivity contribution in [3.8, 4) is 0 Å². The van der Waals surface area contributed by atoms with Crippen molar-refractivity contribution in [3.05, 3.63) is 71.2 Å². The van der Waals surface area contributed by atoms with Crippen LogP contribution in [0.1, 0.15) is 27.3 Å². The third-order valence-corrected chi connectivity index (χ3v) is 4.75. The van der Waals surface area contributed by atoms with Gasteiger partial charge in [0.25, 0.3) is 5.91 Å². The predicted octanol–water partition coefficient (Wildman–Crippen LogP) is 4.00. The molecule has 0 atom stereocenters. The van der Waals surface area contributed by atoms with Crippen LogP contribution in [0.3, 0.4) is 0 Å². The summed E-state index contributed by atoms with van der Waals surface area (Å²) in [5, 5.41) is 1.14. The summed E-state index contributed by atoms with van der Waals surface area (Å²) in [6, 6.07) is 13.6. The molecule has 0 spiro atoms. The van der Waals surface area contributed by atoms with Crippen molar-refractivity contribution >= 4 is 27.8 Å². The number of nitrogens with zero attached hydrogens (tertiary/aromatic N) is 3. The van der Waals surface area contributed by atoms with Crippen molar-refractivity contribution < 1.29 is 4.79 Å². The maximum Gasteiger partial charge on any atom is 0.253 e. The van der Waals surface area contributed by atoms with E-state index < -0.39 is 0 Å². The van der Waals surface area contributed by atoms with Crippen LogP contribution in [0.5, 0.6) is 0 Å². The van der Waals surface area contributed by atoms with E-state index in [1.807, 2.05) is 63.5 Å². The number of aryl methyl sites for hydroxylation is 2. The average molecular weight is 344 g/mol. The Morgan fingerprint density at radius 2 is 1.77 bits per heavy atom. The number of hydrogen-bond acceptors (Lipinski definition) is 3. The van der Waals surface area contributed by atoms with Crippen LogP contribution < -0.4 is 0 Å². The first kappa shape index (κ1) is 16.3. The van der Waals surface area contributed by atoms with Gasteiger partial charge in [0.15, 0.2) is 0 Å². The zero-order valence-electron chi connectivity index (χ0n) is 15.1. The molecule has 0 unspecified atom stereocenters. The maximum atomic E-state index is 12.9. The third-order valence-electron chi connectivity index (χ3n) is 4.75. The Labute approximate surface area is 151 Å². The molecule has 1 amide bonds. The SMILES string of the molecule is Cc1nc2ccc(C(=O)N(C)Cc3c[nH]c4ccccc34)cc2nc1C. The standard InChI is InChI=1S/C21H20N4O/c1-13-14(2)24-20-10-15(8-9-19(20)23-13)21(26)25(3)12-16-11-22-18-7-5-4-6-17(16)18/h4-11,22H,12H2,1-3H3. The molecule has 1 N–H and O–H groups in total. The van der Waals surface area contributed by atoms with Crippen molar-refractivity contribution in [2.45, 2.75) is 20.4 Å². The van der Waals surface area contributed by atoms with Gasteiger partial charge in [0.1, 0.15) is 0 Å². The molecule has 130 valence electrons. The van der Waals surface area contributed by atoms with Gasteiger partial charge >= 0.3 is 0 Å². The lowest BCUT2D eigenvalue weighted by Crippen LogP contribution is -2.26. The van der Waals surface area contributed by atoms with E-state index in [-0.39, 0.29) is 5.91 Å². The van der Waals surface area contributed by atoms with Crippen molar-refractivity contribution in [3.63, 3.8) is 0 Å². The molecule has 2 aromatic carbocycles. The largest absolute Gasteiger partial charge is 0.361 e. The predicted molar refractivity (Wildman–Crippen MR) is 103 cm³/mol. The number of aromatic amines is 1. The van der Waals surface area contributed by atoms with E-state index in [1.165, 1.54) is 0 Å². The van der Waals surface area contributed by atoms with Crippen LogP contribution in [0.2, 0.25) is 0 Å². The average Bonchev–Trinajstić information content (AvgIpc) is 3.05. The van der Waals surface area contributed by atoms with Crippen LogP contribution in [0.15, 0.2) is 48.7 Å². The number of rotatable bonds is 3. The van der Waals surface area contributed by atoms with E-state index in [2.05, 4.69) is 21.0 Å². The van der Waals surface area contributed by atoms with Gasteiger partial charge in [-0.2, -0.15) is 0 Å². The lowest BCUT2D eigenvalue weighted by Gasteiger charge is -2.17. The van der Waals surface area contributed by atoms with Gasteiger partial charge in [-0.3, -0.25) is 4.79 Å². The highest BCUT2D eigenvalue weighted by atomic mass is 16.2. The van der Waals surface area contributed by atoms with Gasteiger partial charge in [-0.1, -0.05) is 18.2 Å². The summed E-state index contributed by atoms with van der Waals surface area (Å²) in [7, 11) is 1.82. The molecule has 2 aromatic heterocycles. The molecule has 0 bridgehead atoms. The zero-order valence-corrected chi connectivity index (χ0v) is 15.1. The Bertz CT molecular complexity index is 1130. The van der Waals surface area contributed by atoms with Gasteiger partial charge in [0.05, 0.1) is 22.4 Å². The number of carbonyl (C=O) groups excluding carboxylic acids is 1. The summed E-state index contributed by atoms with van der Waals surface area (Å²) in [6.07, 6.45) is 1.96. The first-order chi connectivity index (χ1) is 12.5.